The van der Waals surface area contributed by atoms with Crippen LogP contribution in [0.1, 0.15) is 19.3 Å². The zero-order valence-electron chi connectivity index (χ0n) is 9.33. The predicted molar refractivity (Wildman–Crippen MR) is 57.7 cm³/mol. The Hall–Kier alpha value is -1.10. The lowest BCUT2D eigenvalue weighted by Crippen LogP contribution is -2.36. The molecule has 0 aromatic rings. The Morgan fingerprint density at radius 1 is 1.44 bits per heavy atom. The molecule has 2 amide bonds. The van der Waals surface area contributed by atoms with Gasteiger partial charge < -0.3 is 15.4 Å². The van der Waals surface area contributed by atoms with E-state index in [1.165, 1.54) is 0 Å². The van der Waals surface area contributed by atoms with E-state index in [0.29, 0.717) is 25.4 Å². The molecule has 1 atom stereocenters. The smallest absolute Gasteiger partial charge is 0.225 e. The Morgan fingerprint density at radius 3 is 2.81 bits per heavy atom. The van der Waals surface area contributed by atoms with Crippen LogP contribution in [-0.2, 0) is 14.3 Å². The van der Waals surface area contributed by atoms with Crippen molar-refractivity contribution >= 4 is 11.8 Å². The first kappa shape index (κ1) is 11.4. The quantitative estimate of drug-likeness (QED) is 0.692. The van der Waals surface area contributed by atoms with Gasteiger partial charge in [0.15, 0.2) is 0 Å². The summed E-state index contributed by atoms with van der Waals surface area (Å²) in [6, 6.07) is 0. The zero-order valence-corrected chi connectivity index (χ0v) is 9.33. The zero-order chi connectivity index (χ0) is 11.4. The third kappa shape index (κ3) is 2.95. The molecule has 5 nitrogen and oxygen atoms in total. The van der Waals surface area contributed by atoms with Crippen molar-refractivity contribution in [1.82, 2.24) is 10.6 Å². The van der Waals surface area contributed by atoms with Gasteiger partial charge in [-0.1, -0.05) is 0 Å². The largest absolute Gasteiger partial charge is 0.381 e. The third-order valence-corrected chi connectivity index (χ3v) is 3.25. The Bertz CT molecular complexity index is 274. The fourth-order valence-corrected chi connectivity index (χ4v) is 2.13. The highest BCUT2D eigenvalue weighted by molar-refractivity contribution is 5.89. The van der Waals surface area contributed by atoms with E-state index >= 15 is 0 Å². The molecule has 0 aromatic carbocycles. The van der Waals surface area contributed by atoms with E-state index in [1.54, 1.807) is 0 Å². The minimum Gasteiger partial charge on any atom is -0.381 e. The summed E-state index contributed by atoms with van der Waals surface area (Å²) in [5.74, 6) is 0.339. The van der Waals surface area contributed by atoms with Crippen LogP contribution in [0.4, 0.5) is 0 Å². The van der Waals surface area contributed by atoms with Gasteiger partial charge in [-0.3, -0.25) is 9.59 Å². The first-order valence-electron chi connectivity index (χ1n) is 5.88. The van der Waals surface area contributed by atoms with Crippen LogP contribution in [-0.4, -0.2) is 38.1 Å². The van der Waals surface area contributed by atoms with Gasteiger partial charge in [-0.05, 0) is 18.8 Å². The fourth-order valence-electron chi connectivity index (χ4n) is 2.13. The molecular weight excluding hydrogens is 208 g/mol. The summed E-state index contributed by atoms with van der Waals surface area (Å²) in [4.78, 5) is 22.7. The average molecular weight is 226 g/mol. The molecule has 2 heterocycles. The number of hydrogen-bond donors (Lipinski definition) is 2. The molecule has 2 aliphatic heterocycles. The molecule has 1 unspecified atom stereocenters. The molecule has 0 aromatic heterocycles. The molecule has 0 spiro atoms. The standard InChI is InChI=1S/C11H18N2O3/c14-10-5-9(7-12-10)11(15)13-6-8-1-3-16-4-2-8/h8-9H,1-7H2,(H,12,14)(H,13,15). The first-order valence-corrected chi connectivity index (χ1v) is 5.88. The van der Waals surface area contributed by atoms with Crippen LogP contribution in [0.2, 0.25) is 0 Å². The number of rotatable bonds is 3. The normalized spacial score (nSPS) is 26.5. The molecule has 0 radical (unpaired) electrons. The monoisotopic (exact) mass is 226 g/mol. The summed E-state index contributed by atoms with van der Waals surface area (Å²) in [5, 5.41) is 5.60. The van der Waals surface area contributed by atoms with E-state index in [-0.39, 0.29) is 17.7 Å². The van der Waals surface area contributed by atoms with Gasteiger partial charge in [0.2, 0.25) is 11.8 Å². The number of hydrogen-bond acceptors (Lipinski definition) is 3. The molecule has 2 fully saturated rings. The van der Waals surface area contributed by atoms with Crippen molar-refractivity contribution in [1.29, 1.82) is 0 Å². The minimum absolute atomic E-state index is 0.00448. The summed E-state index contributed by atoms with van der Waals surface area (Å²) in [6.45, 7) is 2.79. The molecule has 2 saturated heterocycles. The summed E-state index contributed by atoms with van der Waals surface area (Å²) >= 11 is 0. The number of ether oxygens (including phenoxy) is 1. The molecule has 2 rings (SSSR count). The predicted octanol–water partition coefficient (Wildman–Crippen LogP) is -0.335. The Morgan fingerprint density at radius 2 is 2.19 bits per heavy atom. The second kappa shape index (κ2) is 5.30. The lowest BCUT2D eigenvalue weighted by Gasteiger charge is -2.22. The van der Waals surface area contributed by atoms with Crippen LogP contribution in [0, 0.1) is 11.8 Å². The molecule has 2 aliphatic rings. The SMILES string of the molecule is O=C1CC(C(=O)NCC2CCOCC2)CN1. The maximum Gasteiger partial charge on any atom is 0.225 e. The number of amides is 2. The van der Waals surface area contributed by atoms with E-state index in [2.05, 4.69) is 10.6 Å². The third-order valence-electron chi connectivity index (χ3n) is 3.25. The van der Waals surface area contributed by atoms with Crippen LogP contribution in [0.25, 0.3) is 0 Å². The van der Waals surface area contributed by atoms with Gasteiger partial charge >= 0.3 is 0 Å². The van der Waals surface area contributed by atoms with Gasteiger partial charge in [0.05, 0.1) is 5.92 Å². The van der Waals surface area contributed by atoms with Crippen molar-refractivity contribution in [2.24, 2.45) is 11.8 Å². The molecule has 0 aliphatic carbocycles. The van der Waals surface area contributed by atoms with Crippen molar-refractivity contribution in [2.75, 3.05) is 26.3 Å². The van der Waals surface area contributed by atoms with Crippen LogP contribution >= 0.6 is 0 Å². The van der Waals surface area contributed by atoms with Gasteiger partial charge in [-0.2, -0.15) is 0 Å². The van der Waals surface area contributed by atoms with Crippen LogP contribution in [0.3, 0.4) is 0 Å². The van der Waals surface area contributed by atoms with Crippen LogP contribution < -0.4 is 10.6 Å². The van der Waals surface area contributed by atoms with E-state index in [9.17, 15) is 9.59 Å². The van der Waals surface area contributed by atoms with Crippen molar-refractivity contribution in [3.63, 3.8) is 0 Å². The van der Waals surface area contributed by atoms with Gasteiger partial charge in [0.25, 0.3) is 0 Å². The van der Waals surface area contributed by atoms with Gasteiger partial charge in [0, 0.05) is 32.7 Å². The molecule has 0 bridgehead atoms. The highest BCUT2D eigenvalue weighted by Crippen LogP contribution is 2.14. The topological polar surface area (TPSA) is 67.4 Å². The van der Waals surface area contributed by atoms with Crippen molar-refractivity contribution in [3.05, 3.63) is 0 Å². The van der Waals surface area contributed by atoms with Gasteiger partial charge in [0.1, 0.15) is 0 Å². The molecule has 90 valence electrons. The summed E-state index contributed by atoms with van der Waals surface area (Å²) in [6.07, 6.45) is 2.36. The summed E-state index contributed by atoms with van der Waals surface area (Å²) in [5.41, 5.74) is 0. The molecule has 2 N–H and O–H groups in total. The van der Waals surface area contributed by atoms with Crippen LogP contribution in [0.5, 0.6) is 0 Å². The number of carbonyl (C=O) groups is 2. The lowest BCUT2D eigenvalue weighted by atomic mass is 10.00. The first-order chi connectivity index (χ1) is 7.75. The van der Waals surface area contributed by atoms with E-state index < -0.39 is 0 Å². The van der Waals surface area contributed by atoms with Gasteiger partial charge in [-0.25, -0.2) is 0 Å². The highest BCUT2D eigenvalue weighted by atomic mass is 16.5. The Labute approximate surface area is 94.9 Å². The van der Waals surface area contributed by atoms with Crippen molar-refractivity contribution < 1.29 is 14.3 Å². The van der Waals surface area contributed by atoms with E-state index in [0.717, 1.165) is 26.1 Å². The maximum absolute atomic E-state index is 11.7. The Balaban J connectivity index is 1.68. The lowest BCUT2D eigenvalue weighted by molar-refractivity contribution is -0.126. The van der Waals surface area contributed by atoms with Crippen molar-refractivity contribution in [2.45, 2.75) is 19.3 Å². The van der Waals surface area contributed by atoms with E-state index in [1.807, 2.05) is 0 Å². The average Bonchev–Trinajstić information content (AvgIpc) is 2.74. The number of carbonyl (C=O) groups excluding carboxylic acids is 2. The maximum atomic E-state index is 11.7. The molecular formula is C11H18N2O3. The van der Waals surface area contributed by atoms with Crippen molar-refractivity contribution in [3.8, 4) is 0 Å². The molecule has 0 saturated carbocycles. The second-order valence-corrected chi connectivity index (χ2v) is 4.51. The van der Waals surface area contributed by atoms with Gasteiger partial charge in [-0.15, -0.1) is 0 Å². The molecule has 16 heavy (non-hydrogen) atoms. The molecule has 5 heteroatoms. The summed E-state index contributed by atoms with van der Waals surface area (Å²) in [7, 11) is 0. The highest BCUT2D eigenvalue weighted by Gasteiger charge is 2.28. The van der Waals surface area contributed by atoms with E-state index in [4.69, 9.17) is 4.74 Å². The summed E-state index contributed by atoms with van der Waals surface area (Å²) < 4.78 is 5.25. The Kier molecular flexibility index (Phi) is 3.77. The minimum atomic E-state index is -0.174. The number of nitrogens with one attached hydrogen (secondary N) is 2. The fraction of sp³-hybridized carbons (Fsp3) is 0.818. The van der Waals surface area contributed by atoms with Crippen LogP contribution in [0.15, 0.2) is 0 Å². The second-order valence-electron chi connectivity index (χ2n) is 4.51.